The van der Waals surface area contributed by atoms with Gasteiger partial charge in [-0.05, 0) is 35.7 Å². The molecule has 1 heteroatoms. The molecular formula is C20H21N. The first-order valence-corrected chi connectivity index (χ1v) is 7.52. The molecule has 21 heavy (non-hydrogen) atoms. The fourth-order valence-electron chi connectivity index (χ4n) is 2.56. The molecule has 1 nitrogen and oxygen atoms in total. The van der Waals surface area contributed by atoms with Gasteiger partial charge >= 0.3 is 0 Å². The number of benzene rings is 2. The molecule has 0 saturated carbocycles. The normalized spacial score (nSPS) is 16.1. The molecular weight excluding hydrogens is 254 g/mol. The summed E-state index contributed by atoms with van der Waals surface area (Å²) >= 11 is 0. The van der Waals surface area contributed by atoms with E-state index < -0.39 is 0 Å². The minimum atomic E-state index is 1.06. The minimum Gasteiger partial charge on any atom is -0.302 e. The highest BCUT2D eigenvalue weighted by Gasteiger charge is 2.04. The van der Waals surface area contributed by atoms with Crippen molar-refractivity contribution in [2.24, 2.45) is 0 Å². The van der Waals surface area contributed by atoms with Crippen LogP contribution in [0.4, 0.5) is 0 Å². The maximum atomic E-state index is 2.34. The van der Waals surface area contributed by atoms with Crippen LogP contribution < -0.4 is 0 Å². The Morgan fingerprint density at radius 1 is 0.857 bits per heavy atom. The van der Waals surface area contributed by atoms with Crippen LogP contribution in [-0.4, -0.2) is 25.0 Å². The summed E-state index contributed by atoms with van der Waals surface area (Å²) in [6.45, 7) is 2.22. The van der Waals surface area contributed by atoms with Crippen LogP contribution in [0.1, 0.15) is 12.0 Å². The summed E-state index contributed by atoms with van der Waals surface area (Å²) in [4.78, 5) is 2.34. The summed E-state index contributed by atoms with van der Waals surface area (Å²) in [7, 11) is 2.17. The second-order valence-electron chi connectivity index (χ2n) is 5.61. The van der Waals surface area contributed by atoms with Gasteiger partial charge in [-0.25, -0.2) is 0 Å². The van der Waals surface area contributed by atoms with Gasteiger partial charge in [0.05, 0.1) is 0 Å². The van der Waals surface area contributed by atoms with Gasteiger partial charge in [0, 0.05) is 13.1 Å². The number of rotatable bonds is 3. The second kappa shape index (κ2) is 6.55. The molecule has 0 spiro atoms. The molecule has 2 aromatic rings. The third-order valence-corrected chi connectivity index (χ3v) is 3.96. The lowest BCUT2D eigenvalue weighted by Crippen LogP contribution is -2.23. The van der Waals surface area contributed by atoms with Crippen LogP contribution in [0.5, 0.6) is 0 Å². The summed E-state index contributed by atoms with van der Waals surface area (Å²) in [5.74, 6) is 0. The number of hydrogen-bond donors (Lipinski definition) is 0. The average molecular weight is 275 g/mol. The van der Waals surface area contributed by atoms with Crippen LogP contribution in [-0.2, 0) is 0 Å². The molecule has 0 aliphatic carbocycles. The SMILES string of the molecule is CN1CC=C(/C=C/c2ccc(-c3ccccc3)cc2)CC1. The van der Waals surface area contributed by atoms with Gasteiger partial charge in [-0.1, -0.05) is 72.8 Å². The lowest BCUT2D eigenvalue weighted by atomic mass is 10.0. The molecule has 1 aliphatic heterocycles. The quantitative estimate of drug-likeness (QED) is 0.789. The Kier molecular flexibility index (Phi) is 4.32. The summed E-state index contributed by atoms with van der Waals surface area (Å²) < 4.78 is 0. The molecule has 0 N–H and O–H groups in total. The Morgan fingerprint density at radius 3 is 2.24 bits per heavy atom. The molecule has 106 valence electrons. The van der Waals surface area contributed by atoms with Crippen molar-refractivity contribution in [3.63, 3.8) is 0 Å². The van der Waals surface area contributed by atoms with Crippen molar-refractivity contribution < 1.29 is 0 Å². The summed E-state index contributed by atoms with van der Waals surface area (Å²) in [5, 5.41) is 0. The zero-order valence-electron chi connectivity index (χ0n) is 12.5. The van der Waals surface area contributed by atoms with Crippen molar-refractivity contribution in [3.8, 4) is 11.1 Å². The van der Waals surface area contributed by atoms with E-state index >= 15 is 0 Å². The largest absolute Gasteiger partial charge is 0.302 e. The maximum Gasteiger partial charge on any atom is 0.0165 e. The van der Waals surface area contributed by atoms with Crippen LogP contribution in [0, 0.1) is 0 Å². The average Bonchev–Trinajstić information content (AvgIpc) is 2.56. The molecule has 0 fully saturated rings. The molecule has 0 amide bonds. The van der Waals surface area contributed by atoms with Crippen LogP contribution in [0.3, 0.4) is 0 Å². The predicted molar refractivity (Wildman–Crippen MR) is 91.1 cm³/mol. The molecule has 2 aromatic carbocycles. The predicted octanol–water partition coefficient (Wildman–Crippen LogP) is 4.63. The first-order chi connectivity index (χ1) is 10.3. The van der Waals surface area contributed by atoms with E-state index in [9.17, 15) is 0 Å². The highest BCUT2D eigenvalue weighted by molar-refractivity contribution is 5.66. The summed E-state index contributed by atoms with van der Waals surface area (Å²) in [6, 6.07) is 19.3. The zero-order chi connectivity index (χ0) is 14.5. The van der Waals surface area contributed by atoms with E-state index in [1.165, 1.54) is 22.3 Å². The van der Waals surface area contributed by atoms with Crippen LogP contribution in [0.25, 0.3) is 17.2 Å². The molecule has 0 saturated heterocycles. The van der Waals surface area contributed by atoms with Gasteiger partial charge < -0.3 is 4.90 Å². The van der Waals surface area contributed by atoms with Gasteiger partial charge in [0.2, 0.25) is 0 Å². The first-order valence-electron chi connectivity index (χ1n) is 7.52. The van der Waals surface area contributed by atoms with Gasteiger partial charge in [-0.3, -0.25) is 0 Å². The highest BCUT2D eigenvalue weighted by atomic mass is 15.1. The van der Waals surface area contributed by atoms with Crippen molar-refractivity contribution in [1.82, 2.24) is 4.90 Å². The van der Waals surface area contributed by atoms with Crippen LogP contribution >= 0.6 is 0 Å². The highest BCUT2D eigenvalue weighted by Crippen LogP contribution is 2.20. The molecule has 0 bridgehead atoms. The van der Waals surface area contributed by atoms with E-state index in [0.29, 0.717) is 0 Å². The topological polar surface area (TPSA) is 3.24 Å². The molecule has 3 rings (SSSR count). The minimum absolute atomic E-state index is 1.06. The Balaban J connectivity index is 1.70. The number of likely N-dealkylation sites (N-methyl/N-ethyl adjacent to an activating group) is 1. The van der Waals surface area contributed by atoms with Gasteiger partial charge in [0.25, 0.3) is 0 Å². The van der Waals surface area contributed by atoms with Crippen molar-refractivity contribution in [3.05, 3.63) is 77.9 Å². The van der Waals surface area contributed by atoms with E-state index in [4.69, 9.17) is 0 Å². The fourth-order valence-corrected chi connectivity index (χ4v) is 2.56. The number of hydrogen-bond acceptors (Lipinski definition) is 1. The maximum absolute atomic E-state index is 2.34. The monoisotopic (exact) mass is 275 g/mol. The molecule has 1 aliphatic rings. The van der Waals surface area contributed by atoms with Crippen LogP contribution in [0.2, 0.25) is 0 Å². The van der Waals surface area contributed by atoms with Crippen molar-refractivity contribution in [1.29, 1.82) is 0 Å². The zero-order valence-corrected chi connectivity index (χ0v) is 12.5. The van der Waals surface area contributed by atoms with E-state index in [0.717, 1.165) is 19.5 Å². The second-order valence-corrected chi connectivity index (χ2v) is 5.61. The van der Waals surface area contributed by atoms with E-state index in [2.05, 4.69) is 84.8 Å². The molecule has 0 radical (unpaired) electrons. The molecule has 0 unspecified atom stereocenters. The lowest BCUT2D eigenvalue weighted by molar-refractivity contribution is 0.361. The Morgan fingerprint density at radius 2 is 1.57 bits per heavy atom. The van der Waals surface area contributed by atoms with Crippen molar-refractivity contribution in [2.45, 2.75) is 6.42 Å². The Bertz CT molecular complexity index is 635. The van der Waals surface area contributed by atoms with Crippen molar-refractivity contribution >= 4 is 6.08 Å². The fraction of sp³-hybridized carbons (Fsp3) is 0.200. The van der Waals surface area contributed by atoms with E-state index in [-0.39, 0.29) is 0 Å². The first kappa shape index (κ1) is 13.8. The van der Waals surface area contributed by atoms with Crippen molar-refractivity contribution in [2.75, 3.05) is 20.1 Å². The van der Waals surface area contributed by atoms with E-state index in [1.54, 1.807) is 0 Å². The molecule has 0 atom stereocenters. The molecule has 0 aromatic heterocycles. The standard InChI is InChI=1S/C20H21N/c1-21-15-13-18(14-16-21)8-7-17-9-11-20(12-10-17)19-5-3-2-4-6-19/h2-13H,14-16H2,1H3/b8-7+. The van der Waals surface area contributed by atoms with Gasteiger partial charge in [-0.2, -0.15) is 0 Å². The Labute approximate surface area is 127 Å². The number of allylic oxidation sites excluding steroid dienone is 1. The molecule has 1 heterocycles. The third kappa shape index (κ3) is 3.71. The third-order valence-electron chi connectivity index (χ3n) is 3.96. The van der Waals surface area contributed by atoms with Gasteiger partial charge in [0.1, 0.15) is 0 Å². The lowest BCUT2D eigenvalue weighted by Gasteiger charge is -2.20. The number of nitrogens with zero attached hydrogens (tertiary/aromatic N) is 1. The van der Waals surface area contributed by atoms with E-state index in [1.807, 2.05) is 0 Å². The van der Waals surface area contributed by atoms with Gasteiger partial charge in [-0.15, -0.1) is 0 Å². The summed E-state index contributed by atoms with van der Waals surface area (Å²) in [6.07, 6.45) is 7.93. The van der Waals surface area contributed by atoms with Crippen LogP contribution in [0.15, 0.2) is 72.3 Å². The van der Waals surface area contributed by atoms with Gasteiger partial charge in [0.15, 0.2) is 0 Å². The summed E-state index contributed by atoms with van der Waals surface area (Å²) in [5.41, 5.74) is 5.24. The Hall–Kier alpha value is -2.12. The smallest absolute Gasteiger partial charge is 0.0165 e.